The van der Waals surface area contributed by atoms with Crippen molar-refractivity contribution in [2.24, 2.45) is 5.92 Å². The van der Waals surface area contributed by atoms with Gasteiger partial charge in [-0.25, -0.2) is 4.79 Å². The van der Waals surface area contributed by atoms with Crippen LogP contribution in [0.1, 0.15) is 19.8 Å². The molecule has 8 nitrogen and oxygen atoms in total. The van der Waals surface area contributed by atoms with Crippen LogP contribution in [0.15, 0.2) is 36.4 Å². The molecule has 1 aromatic carbocycles. The summed E-state index contributed by atoms with van der Waals surface area (Å²) in [6.45, 7) is 3.24. The van der Waals surface area contributed by atoms with Gasteiger partial charge in [-0.05, 0) is 44.0 Å². The second-order valence-electron chi connectivity index (χ2n) is 6.61. The fourth-order valence-corrected chi connectivity index (χ4v) is 3.23. The van der Waals surface area contributed by atoms with Crippen LogP contribution < -0.4 is 15.0 Å². The highest BCUT2D eigenvalue weighted by atomic mass is 35.5. The minimum absolute atomic E-state index is 0.0702. The molecule has 0 radical (unpaired) electrons. The van der Waals surface area contributed by atoms with Crippen molar-refractivity contribution in [3.05, 3.63) is 41.6 Å². The van der Waals surface area contributed by atoms with Crippen LogP contribution in [0.2, 0.25) is 5.15 Å². The van der Waals surface area contributed by atoms with Crippen molar-refractivity contribution < 1.29 is 19.1 Å². The van der Waals surface area contributed by atoms with E-state index in [1.807, 2.05) is 4.90 Å². The molecule has 0 aliphatic carbocycles. The number of carbonyl (C=O) groups is 2. The van der Waals surface area contributed by atoms with Gasteiger partial charge in [0.25, 0.3) is 0 Å². The molecule has 1 saturated heterocycles. The number of nitrogens with one attached hydrogen (secondary N) is 1. The summed E-state index contributed by atoms with van der Waals surface area (Å²) in [4.78, 5) is 26.2. The normalized spacial score (nSPS) is 16.2. The Hall–Kier alpha value is -2.87. The third-order valence-corrected chi connectivity index (χ3v) is 4.70. The summed E-state index contributed by atoms with van der Waals surface area (Å²) in [6, 6.07) is 10.4. The molecule has 1 aromatic heterocycles. The largest absolute Gasteiger partial charge is 0.482 e. The van der Waals surface area contributed by atoms with E-state index in [0.717, 1.165) is 19.4 Å². The lowest BCUT2D eigenvalue weighted by atomic mass is 9.97. The molecule has 0 bridgehead atoms. The highest BCUT2D eigenvalue weighted by molar-refractivity contribution is 6.29. The van der Waals surface area contributed by atoms with Crippen LogP contribution in [0.25, 0.3) is 0 Å². The lowest BCUT2D eigenvalue weighted by Gasteiger charge is -2.32. The molecule has 1 fully saturated rings. The molecule has 1 aliphatic heterocycles. The number of amides is 1. The highest BCUT2D eigenvalue weighted by Gasteiger charge is 2.27. The maximum atomic E-state index is 12.8. The molecule has 0 unspecified atom stereocenters. The van der Waals surface area contributed by atoms with E-state index in [-0.39, 0.29) is 18.4 Å². The van der Waals surface area contributed by atoms with E-state index in [9.17, 15) is 9.59 Å². The van der Waals surface area contributed by atoms with Gasteiger partial charge in [0, 0.05) is 24.8 Å². The molecule has 9 heteroatoms. The summed E-state index contributed by atoms with van der Waals surface area (Å²) >= 11 is 5.80. The fourth-order valence-electron chi connectivity index (χ4n) is 3.13. The molecule has 1 N–H and O–H groups in total. The Morgan fingerprint density at radius 2 is 2.14 bits per heavy atom. The predicted molar refractivity (Wildman–Crippen MR) is 109 cm³/mol. The highest BCUT2D eigenvalue weighted by Crippen LogP contribution is 2.24. The first-order valence-electron chi connectivity index (χ1n) is 9.48. The van der Waals surface area contributed by atoms with Crippen molar-refractivity contribution in [2.45, 2.75) is 19.8 Å². The molecule has 1 aliphatic rings. The minimum atomic E-state index is -0.436. The number of carbonyl (C=O) groups excluding carboxylic acids is 2. The van der Waals surface area contributed by atoms with Gasteiger partial charge in [0.1, 0.15) is 5.75 Å². The molecular weight excluding hydrogens is 396 g/mol. The average molecular weight is 419 g/mol. The molecule has 0 saturated carbocycles. The van der Waals surface area contributed by atoms with Crippen LogP contribution in [-0.2, 0) is 14.3 Å². The van der Waals surface area contributed by atoms with E-state index >= 15 is 0 Å². The minimum Gasteiger partial charge on any atom is -0.482 e. The van der Waals surface area contributed by atoms with Crippen molar-refractivity contribution in [1.29, 1.82) is 0 Å². The summed E-state index contributed by atoms with van der Waals surface area (Å²) in [5, 5.41) is 11.2. The Morgan fingerprint density at radius 1 is 1.28 bits per heavy atom. The van der Waals surface area contributed by atoms with Crippen molar-refractivity contribution in [1.82, 2.24) is 10.2 Å². The molecule has 2 heterocycles. The maximum Gasteiger partial charge on any atom is 0.344 e. The molecule has 29 heavy (non-hydrogen) atoms. The number of hydrogen-bond acceptors (Lipinski definition) is 7. The van der Waals surface area contributed by atoms with Crippen molar-refractivity contribution in [3.8, 4) is 5.75 Å². The van der Waals surface area contributed by atoms with Gasteiger partial charge >= 0.3 is 5.97 Å². The smallest absolute Gasteiger partial charge is 0.344 e. The van der Waals surface area contributed by atoms with Gasteiger partial charge in [-0.3, -0.25) is 4.79 Å². The van der Waals surface area contributed by atoms with E-state index in [1.54, 1.807) is 43.3 Å². The van der Waals surface area contributed by atoms with Crippen LogP contribution in [0.3, 0.4) is 0 Å². The Bertz CT molecular complexity index is 847. The topological polar surface area (TPSA) is 93.6 Å². The molecule has 2 aromatic rings. The third-order valence-electron chi connectivity index (χ3n) is 4.50. The number of esters is 1. The number of hydrogen-bond donors (Lipinski definition) is 1. The van der Waals surface area contributed by atoms with Crippen LogP contribution >= 0.6 is 11.6 Å². The zero-order chi connectivity index (χ0) is 20.6. The quantitative estimate of drug-likeness (QED) is 0.691. The Kier molecular flexibility index (Phi) is 7.24. The van der Waals surface area contributed by atoms with Gasteiger partial charge in [0.15, 0.2) is 17.6 Å². The predicted octanol–water partition coefficient (Wildman–Crippen LogP) is 2.93. The zero-order valence-electron chi connectivity index (χ0n) is 16.1. The van der Waals surface area contributed by atoms with E-state index in [1.165, 1.54) is 0 Å². The van der Waals surface area contributed by atoms with Crippen LogP contribution in [0, 0.1) is 5.92 Å². The first-order valence-corrected chi connectivity index (χ1v) is 9.86. The number of rotatable bonds is 7. The Labute approximate surface area is 174 Å². The van der Waals surface area contributed by atoms with Crippen molar-refractivity contribution in [3.63, 3.8) is 0 Å². The SMILES string of the molecule is CCOC(=O)COc1cccc(NC(=O)[C@@H]2CCCN(c3ccc(Cl)nn3)C2)c1. The van der Waals surface area contributed by atoms with Crippen LogP contribution in [0.5, 0.6) is 5.75 Å². The number of ether oxygens (including phenoxy) is 2. The number of anilines is 2. The van der Waals surface area contributed by atoms with Crippen molar-refractivity contribution in [2.75, 3.05) is 36.5 Å². The Balaban J connectivity index is 1.57. The average Bonchev–Trinajstić information content (AvgIpc) is 2.73. The monoisotopic (exact) mass is 418 g/mol. The van der Waals surface area contributed by atoms with E-state index < -0.39 is 5.97 Å². The maximum absolute atomic E-state index is 12.8. The van der Waals surface area contributed by atoms with Crippen molar-refractivity contribution >= 4 is 35.0 Å². The molecule has 154 valence electrons. The molecule has 3 rings (SSSR count). The van der Waals surface area contributed by atoms with Crippen LogP contribution in [-0.4, -0.2) is 48.4 Å². The number of halogens is 1. The summed E-state index contributed by atoms with van der Waals surface area (Å²) in [7, 11) is 0. The van der Waals surface area contributed by atoms with Gasteiger partial charge < -0.3 is 19.7 Å². The van der Waals surface area contributed by atoms with Gasteiger partial charge in [-0.2, -0.15) is 0 Å². The first-order chi connectivity index (χ1) is 14.0. The van der Waals surface area contributed by atoms with Gasteiger partial charge in [-0.1, -0.05) is 17.7 Å². The first kappa shape index (κ1) is 20.9. The second-order valence-corrected chi connectivity index (χ2v) is 7.00. The van der Waals surface area contributed by atoms with E-state index in [2.05, 4.69) is 15.5 Å². The molecule has 1 amide bonds. The lowest BCUT2D eigenvalue weighted by Crippen LogP contribution is -2.41. The number of aromatic nitrogens is 2. The number of benzene rings is 1. The second kappa shape index (κ2) is 10.1. The summed E-state index contributed by atoms with van der Waals surface area (Å²) in [5.41, 5.74) is 0.611. The molecule has 1 atom stereocenters. The van der Waals surface area contributed by atoms with E-state index in [0.29, 0.717) is 35.6 Å². The van der Waals surface area contributed by atoms with Crippen LogP contribution in [0.4, 0.5) is 11.5 Å². The Morgan fingerprint density at radius 3 is 2.90 bits per heavy atom. The van der Waals surface area contributed by atoms with Gasteiger partial charge in [-0.15, -0.1) is 10.2 Å². The standard InChI is InChI=1S/C20H23ClN4O4/c1-2-28-19(26)13-29-16-7-3-6-15(11-16)22-20(27)14-5-4-10-25(12-14)18-9-8-17(21)23-24-18/h3,6-9,11,14H,2,4-5,10,12-13H2,1H3,(H,22,27)/t14-/m1/s1. The zero-order valence-corrected chi connectivity index (χ0v) is 16.9. The lowest BCUT2D eigenvalue weighted by molar-refractivity contribution is -0.145. The number of piperidine rings is 1. The number of nitrogens with zero attached hydrogens (tertiary/aromatic N) is 3. The van der Waals surface area contributed by atoms with E-state index in [4.69, 9.17) is 21.1 Å². The molecular formula is C20H23ClN4O4. The summed E-state index contributed by atoms with van der Waals surface area (Å²) in [6.07, 6.45) is 1.67. The third kappa shape index (κ3) is 6.05. The fraction of sp³-hybridized carbons (Fsp3) is 0.400. The van der Waals surface area contributed by atoms with Gasteiger partial charge in [0.2, 0.25) is 5.91 Å². The molecule has 0 spiro atoms. The summed E-state index contributed by atoms with van der Waals surface area (Å²) < 4.78 is 10.2. The summed E-state index contributed by atoms with van der Waals surface area (Å²) in [5.74, 6) is 0.512. The van der Waals surface area contributed by atoms with Gasteiger partial charge in [0.05, 0.1) is 12.5 Å².